The Morgan fingerprint density at radius 3 is 2.44 bits per heavy atom. The summed E-state index contributed by atoms with van der Waals surface area (Å²) in [6, 6.07) is 5.84. The minimum Gasteiger partial charge on any atom is -0.340 e. The van der Waals surface area contributed by atoms with Crippen LogP contribution < -0.4 is 5.32 Å². The zero-order valence-electron chi connectivity index (χ0n) is 9.71. The first-order valence-corrected chi connectivity index (χ1v) is 5.84. The van der Waals surface area contributed by atoms with Gasteiger partial charge in [-0.1, -0.05) is 0 Å². The van der Waals surface area contributed by atoms with Crippen LogP contribution in [0, 0.1) is 0 Å². The molecule has 0 bridgehead atoms. The maximum absolute atomic E-state index is 11.9. The molecular weight excluding hydrogens is 252 g/mol. The molecule has 1 atom stereocenters. The maximum atomic E-state index is 11.9. The first-order valence-electron chi connectivity index (χ1n) is 5.39. The van der Waals surface area contributed by atoms with Gasteiger partial charge >= 0.3 is 0 Å². The van der Waals surface area contributed by atoms with Crippen molar-refractivity contribution in [2.75, 3.05) is 7.05 Å². The van der Waals surface area contributed by atoms with Gasteiger partial charge in [0.25, 0.3) is 11.8 Å². The zero-order valence-corrected chi connectivity index (χ0v) is 10.6. The number of likely N-dealkylation sites (N-methyl/N-ethyl adjacent to an activating group) is 1. The summed E-state index contributed by atoms with van der Waals surface area (Å²) >= 11 is 4.12. The Labute approximate surface area is 110 Å². The molecule has 0 saturated carbocycles. The van der Waals surface area contributed by atoms with E-state index in [0.717, 1.165) is 9.80 Å². The fourth-order valence-electron chi connectivity index (χ4n) is 1.72. The largest absolute Gasteiger partial charge is 0.340 e. The molecule has 1 aliphatic heterocycles. The number of hydrogen-bond acceptors (Lipinski definition) is 4. The normalized spacial score (nSPS) is 19.2. The number of amides is 3. The van der Waals surface area contributed by atoms with Crippen LogP contribution >= 0.6 is 12.6 Å². The van der Waals surface area contributed by atoms with Crippen LogP contribution in [-0.4, -0.2) is 35.7 Å². The van der Waals surface area contributed by atoms with Crippen LogP contribution in [0.5, 0.6) is 0 Å². The molecule has 0 aromatic heterocycles. The molecule has 1 aliphatic rings. The highest BCUT2D eigenvalue weighted by atomic mass is 32.1. The molecule has 0 radical (unpaired) electrons. The Bertz CT molecular complexity index is 513. The third-order valence-corrected chi connectivity index (χ3v) is 3.11. The average Bonchev–Trinajstić information content (AvgIpc) is 2.58. The maximum Gasteiger partial charge on any atom is 0.252 e. The molecule has 2 rings (SSSR count). The van der Waals surface area contributed by atoms with Crippen LogP contribution in [0.4, 0.5) is 0 Å². The van der Waals surface area contributed by atoms with Crippen molar-refractivity contribution in [3.8, 4) is 0 Å². The van der Waals surface area contributed by atoms with Crippen molar-refractivity contribution in [1.29, 1.82) is 0 Å². The van der Waals surface area contributed by atoms with E-state index < -0.39 is 6.04 Å². The predicted molar refractivity (Wildman–Crippen MR) is 67.3 cm³/mol. The molecule has 1 heterocycles. The van der Waals surface area contributed by atoms with Crippen molar-refractivity contribution in [3.05, 3.63) is 29.8 Å². The van der Waals surface area contributed by atoms with Gasteiger partial charge in [-0.25, -0.2) is 0 Å². The lowest BCUT2D eigenvalue weighted by Gasteiger charge is -2.11. The Morgan fingerprint density at radius 2 is 1.94 bits per heavy atom. The highest BCUT2D eigenvalue weighted by Crippen LogP contribution is 2.12. The molecule has 1 fully saturated rings. The molecule has 1 aromatic rings. The van der Waals surface area contributed by atoms with E-state index in [1.165, 1.54) is 7.05 Å². The second-order valence-corrected chi connectivity index (χ2v) is 4.58. The van der Waals surface area contributed by atoms with Gasteiger partial charge in [0, 0.05) is 17.5 Å². The summed E-state index contributed by atoms with van der Waals surface area (Å²) in [5, 5.41) is 2.55. The van der Waals surface area contributed by atoms with Crippen molar-refractivity contribution in [1.82, 2.24) is 10.2 Å². The number of carbonyl (C=O) groups is 3. The molecule has 1 saturated heterocycles. The van der Waals surface area contributed by atoms with Gasteiger partial charge in [-0.05, 0) is 24.3 Å². The second-order valence-electron chi connectivity index (χ2n) is 4.07. The fourth-order valence-corrected chi connectivity index (χ4v) is 1.87. The summed E-state index contributed by atoms with van der Waals surface area (Å²) in [5.74, 6) is -1.03. The Kier molecular flexibility index (Phi) is 3.38. The van der Waals surface area contributed by atoms with Gasteiger partial charge in [-0.2, -0.15) is 0 Å². The zero-order chi connectivity index (χ0) is 13.3. The highest BCUT2D eigenvalue weighted by molar-refractivity contribution is 7.80. The highest BCUT2D eigenvalue weighted by Gasteiger charge is 2.36. The molecule has 0 aliphatic carbocycles. The van der Waals surface area contributed by atoms with Gasteiger partial charge in [0.2, 0.25) is 5.91 Å². The van der Waals surface area contributed by atoms with E-state index in [1.54, 1.807) is 24.3 Å². The third-order valence-electron chi connectivity index (χ3n) is 2.82. The molecule has 1 N–H and O–H groups in total. The lowest BCUT2D eigenvalue weighted by molar-refractivity contribution is -0.137. The van der Waals surface area contributed by atoms with E-state index in [1.807, 2.05) is 0 Å². The average molecular weight is 264 g/mol. The van der Waals surface area contributed by atoms with Gasteiger partial charge in [0.05, 0.1) is 6.42 Å². The van der Waals surface area contributed by atoms with Crippen molar-refractivity contribution in [2.45, 2.75) is 17.4 Å². The van der Waals surface area contributed by atoms with Crippen LogP contribution in [0.15, 0.2) is 29.2 Å². The minimum absolute atomic E-state index is 0.0196. The summed E-state index contributed by atoms with van der Waals surface area (Å²) in [4.78, 5) is 36.5. The number of imide groups is 1. The number of likely N-dealkylation sites (tertiary alicyclic amines) is 1. The first kappa shape index (κ1) is 12.6. The van der Waals surface area contributed by atoms with Crippen molar-refractivity contribution < 1.29 is 14.4 Å². The lowest BCUT2D eigenvalue weighted by Crippen LogP contribution is -2.40. The first-order chi connectivity index (χ1) is 8.49. The standard InChI is InChI=1S/C12H12N2O3S/c1-14-10(15)6-9(12(14)17)13-11(16)7-2-4-8(18)5-3-7/h2-5,9,18H,6H2,1H3,(H,13,16). The monoisotopic (exact) mass is 264 g/mol. The predicted octanol–water partition coefficient (Wildman–Crippen LogP) is 0.462. The molecule has 0 spiro atoms. The van der Waals surface area contributed by atoms with Gasteiger partial charge < -0.3 is 5.32 Å². The molecule has 5 nitrogen and oxygen atoms in total. The van der Waals surface area contributed by atoms with E-state index in [-0.39, 0.29) is 24.1 Å². The Balaban J connectivity index is 2.06. The quantitative estimate of drug-likeness (QED) is 0.602. The summed E-state index contributed by atoms with van der Waals surface area (Å²) < 4.78 is 0. The van der Waals surface area contributed by atoms with E-state index in [9.17, 15) is 14.4 Å². The molecule has 18 heavy (non-hydrogen) atoms. The van der Waals surface area contributed by atoms with Crippen LogP contribution in [0.25, 0.3) is 0 Å². The van der Waals surface area contributed by atoms with Crippen molar-refractivity contribution in [2.24, 2.45) is 0 Å². The van der Waals surface area contributed by atoms with Gasteiger partial charge in [0.1, 0.15) is 6.04 Å². The molecule has 3 amide bonds. The number of hydrogen-bond donors (Lipinski definition) is 2. The summed E-state index contributed by atoms with van der Waals surface area (Å²) in [5.41, 5.74) is 0.433. The smallest absolute Gasteiger partial charge is 0.252 e. The van der Waals surface area contributed by atoms with Gasteiger partial charge in [-0.15, -0.1) is 12.6 Å². The molecule has 94 valence electrons. The number of rotatable bonds is 2. The number of nitrogens with zero attached hydrogens (tertiary/aromatic N) is 1. The van der Waals surface area contributed by atoms with Crippen molar-refractivity contribution >= 4 is 30.4 Å². The van der Waals surface area contributed by atoms with Crippen molar-refractivity contribution in [3.63, 3.8) is 0 Å². The van der Waals surface area contributed by atoms with E-state index >= 15 is 0 Å². The fraction of sp³-hybridized carbons (Fsp3) is 0.250. The van der Waals surface area contributed by atoms with E-state index in [4.69, 9.17) is 0 Å². The number of benzene rings is 1. The minimum atomic E-state index is -0.759. The summed E-state index contributed by atoms with van der Waals surface area (Å²) in [6.45, 7) is 0. The SMILES string of the molecule is CN1C(=O)CC(NC(=O)c2ccc(S)cc2)C1=O. The summed E-state index contributed by atoms with van der Waals surface area (Å²) in [6.07, 6.45) is 0.0196. The summed E-state index contributed by atoms with van der Waals surface area (Å²) in [7, 11) is 1.41. The second kappa shape index (κ2) is 4.81. The topological polar surface area (TPSA) is 66.5 Å². The van der Waals surface area contributed by atoms with E-state index in [2.05, 4.69) is 17.9 Å². The third kappa shape index (κ3) is 2.38. The Hall–Kier alpha value is -1.82. The van der Waals surface area contributed by atoms with Crippen LogP contribution in [0.1, 0.15) is 16.8 Å². The van der Waals surface area contributed by atoms with Crippen LogP contribution in [0.2, 0.25) is 0 Å². The molecule has 1 unspecified atom stereocenters. The van der Waals surface area contributed by atoms with Crippen LogP contribution in [0.3, 0.4) is 0 Å². The number of thiol groups is 1. The molecule has 6 heteroatoms. The number of nitrogens with one attached hydrogen (secondary N) is 1. The van der Waals surface area contributed by atoms with E-state index in [0.29, 0.717) is 5.56 Å². The van der Waals surface area contributed by atoms with Gasteiger partial charge in [-0.3, -0.25) is 19.3 Å². The van der Waals surface area contributed by atoms with Gasteiger partial charge in [0.15, 0.2) is 0 Å². The molecule has 1 aromatic carbocycles. The molecular formula is C12H12N2O3S. The lowest BCUT2D eigenvalue weighted by atomic mass is 10.2. The Morgan fingerprint density at radius 1 is 1.33 bits per heavy atom. The van der Waals surface area contributed by atoms with Crippen LogP contribution in [-0.2, 0) is 9.59 Å². The number of carbonyl (C=O) groups excluding carboxylic acids is 3.